The Labute approximate surface area is 307 Å². The van der Waals surface area contributed by atoms with Crippen LogP contribution in [-0.4, -0.2) is 45.7 Å². The lowest BCUT2D eigenvalue weighted by molar-refractivity contribution is -0.122. The van der Waals surface area contributed by atoms with Crippen LogP contribution >= 0.6 is 63.9 Å². The Morgan fingerprint density at radius 2 is 1.73 bits per heavy atom. The quantitative estimate of drug-likeness (QED) is 0.141. The molecule has 5 rings (SSSR count). The Bertz CT molecular complexity index is 1960. The molecule has 15 heteroatoms. The van der Waals surface area contributed by atoms with Crippen molar-refractivity contribution in [3.8, 4) is 5.75 Å². The van der Waals surface area contributed by atoms with E-state index in [-0.39, 0.29) is 48.9 Å². The molecule has 3 amide bonds. The van der Waals surface area contributed by atoms with Crippen molar-refractivity contribution >= 4 is 105 Å². The van der Waals surface area contributed by atoms with E-state index in [2.05, 4.69) is 36.5 Å². The summed E-state index contributed by atoms with van der Waals surface area (Å²) in [6, 6.07) is 17.1. The number of imidazole rings is 1. The molecular formula is C33H29BrCl4N6O4. The zero-order valence-electron chi connectivity index (χ0n) is 25.4. The number of carbonyl (C=O) groups is 3. The monoisotopic (exact) mass is 792 g/mol. The molecule has 0 saturated heterocycles. The zero-order valence-corrected chi connectivity index (χ0v) is 30.2. The van der Waals surface area contributed by atoms with Gasteiger partial charge in [0.15, 0.2) is 11.4 Å². The van der Waals surface area contributed by atoms with Crippen molar-refractivity contribution in [1.29, 1.82) is 0 Å². The van der Waals surface area contributed by atoms with Crippen LogP contribution in [-0.2, 0) is 16.2 Å². The zero-order chi connectivity index (χ0) is 32.8. The summed E-state index contributed by atoms with van der Waals surface area (Å²) in [6.07, 6.45) is 7.89. The number of rotatable bonds is 10. The van der Waals surface area contributed by atoms with Crippen LogP contribution in [0.5, 0.6) is 5.75 Å². The Hall–Kier alpha value is -4.13. The number of hydrogen-bond donors (Lipinski definition) is 2. The van der Waals surface area contributed by atoms with E-state index in [0.717, 1.165) is 15.9 Å². The highest BCUT2D eigenvalue weighted by Crippen LogP contribution is 2.35. The third-order valence-corrected chi connectivity index (χ3v) is 8.67. The number of carbonyl (C=O) groups excluding carboxylic acids is 3. The molecule has 2 N–H and O–H groups in total. The van der Waals surface area contributed by atoms with Crippen molar-refractivity contribution < 1.29 is 19.1 Å². The van der Waals surface area contributed by atoms with Crippen LogP contribution < -0.4 is 20.3 Å². The number of amides is 3. The number of likely N-dealkylation sites (N-methyl/N-ethyl adjacent to an activating group) is 1. The topological polar surface area (TPSA) is 118 Å². The number of ether oxygens (including phenoxy) is 1. The number of anilines is 2. The van der Waals surface area contributed by atoms with Crippen molar-refractivity contribution in [2.75, 3.05) is 23.8 Å². The predicted molar refractivity (Wildman–Crippen MR) is 197 cm³/mol. The van der Waals surface area contributed by atoms with Gasteiger partial charge in [0.25, 0.3) is 5.91 Å². The summed E-state index contributed by atoms with van der Waals surface area (Å²) < 4.78 is 8.74. The molecule has 0 fully saturated rings. The number of hydrogen-bond acceptors (Lipinski definition) is 6. The molecule has 2 aromatic carbocycles. The van der Waals surface area contributed by atoms with Crippen LogP contribution in [0.25, 0.3) is 11.7 Å². The Morgan fingerprint density at radius 1 is 1.02 bits per heavy atom. The molecule has 0 radical (unpaired) electrons. The summed E-state index contributed by atoms with van der Waals surface area (Å²) in [7, 11) is 1.56. The summed E-state index contributed by atoms with van der Waals surface area (Å²) in [5.41, 5.74) is 4.19. The molecule has 0 atom stereocenters. The van der Waals surface area contributed by atoms with Gasteiger partial charge in [-0.3, -0.25) is 23.8 Å². The summed E-state index contributed by atoms with van der Waals surface area (Å²) >= 11 is 16.7. The Balaban J connectivity index is 0.00000312. The first-order valence-corrected chi connectivity index (χ1v) is 15.4. The maximum atomic E-state index is 13.0. The molecule has 250 valence electrons. The number of nitrogens with zero attached hydrogens (tertiary/aromatic N) is 4. The molecule has 5 aromatic rings. The third-order valence-electron chi connectivity index (χ3n) is 6.94. The van der Waals surface area contributed by atoms with Crippen LogP contribution in [0.2, 0.25) is 10.0 Å². The highest BCUT2D eigenvalue weighted by molar-refractivity contribution is 9.10. The van der Waals surface area contributed by atoms with E-state index in [1.54, 1.807) is 80.1 Å². The third kappa shape index (κ3) is 9.06. The van der Waals surface area contributed by atoms with Gasteiger partial charge in [0, 0.05) is 53.6 Å². The summed E-state index contributed by atoms with van der Waals surface area (Å²) in [6.45, 7) is 1.66. The molecule has 0 bridgehead atoms. The minimum absolute atomic E-state index is 0. The Morgan fingerprint density at radius 3 is 2.44 bits per heavy atom. The molecule has 3 heterocycles. The highest BCUT2D eigenvalue weighted by Gasteiger charge is 2.20. The first-order chi connectivity index (χ1) is 22.1. The average Bonchev–Trinajstić information content (AvgIpc) is 3.36. The van der Waals surface area contributed by atoms with Gasteiger partial charge in [-0.1, -0.05) is 35.3 Å². The van der Waals surface area contributed by atoms with Crippen LogP contribution in [0, 0.1) is 6.92 Å². The second-order valence-electron chi connectivity index (χ2n) is 10.0. The number of fused-ring (bicyclic) bond motifs is 1. The van der Waals surface area contributed by atoms with E-state index in [9.17, 15) is 14.4 Å². The minimum Gasteiger partial charge on any atom is -0.485 e. The van der Waals surface area contributed by atoms with Gasteiger partial charge in [0.1, 0.15) is 11.2 Å². The SMILES string of the molecule is Cc1nc2c(OCc3c(Cl)ccc(N(C)C(=O)CNC(=O)/C=C/c4ccc(NC(=O)c5ccncc5)cc4)c3Cl)cccn2c1Br.Cl.Cl. The maximum absolute atomic E-state index is 13.0. The van der Waals surface area contributed by atoms with E-state index in [1.807, 2.05) is 23.6 Å². The number of halogens is 5. The van der Waals surface area contributed by atoms with Crippen molar-refractivity contribution in [3.05, 3.63) is 122 Å². The molecule has 10 nitrogen and oxygen atoms in total. The summed E-state index contributed by atoms with van der Waals surface area (Å²) in [5, 5.41) is 6.02. The van der Waals surface area contributed by atoms with Crippen molar-refractivity contribution in [3.63, 3.8) is 0 Å². The number of pyridine rings is 2. The van der Waals surface area contributed by atoms with E-state index in [4.69, 9.17) is 27.9 Å². The lowest BCUT2D eigenvalue weighted by Gasteiger charge is -2.21. The second-order valence-corrected chi connectivity index (χ2v) is 11.6. The number of aromatic nitrogens is 3. The van der Waals surface area contributed by atoms with Gasteiger partial charge in [-0.2, -0.15) is 0 Å². The van der Waals surface area contributed by atoms with E-state index < -0.39 is 11.8 Å². The lowest BCUT2D eigenvalue weighted by Crippen LogP contribution is -2.37. The summed E-state index contributed by atoms with van der Waals surface area (Å²) in [4.78, 5) is 47.5. The molecule has 0 aliphatic rings. The maximum Gasteiger partial charge on any atom is 0.255 e. The molecular weight excluding hydrogens is 766 g/mol. The second kappa shape index (κ2) is 17.3. The molecule has 0 saturated carbocycles. The van der Waals surface area contributed by atoms with Gasteiger partial charge < -0.3 is 20.3 Å². The number of aryl methyl sites for hydroxylation is 1. The van der Waals surface area contributed by atoms with E-state index >= 15 is 0 Å². The fraction of sp³-hybridized carbons (Fsp3) is 0.121. The molecule has 0 aliphatic heterocycles. The van der Waals surface area contributed by atoms with Crippen LogP contribution in [0.3, 0.4) is 0 Å². The molecule has 0 spiro atoms. The minimum atomic E-state index is -0.455. The van der Waals surface area contributed by atoms with Crippen molar-refractivity contribution in [2.24, 2.45) is 0 Å². The molecule has 0 unspecified atom stereocenters. The highest BCUT2D eigenvalue weighted by atomic mass is 79.9. The fourth-order valence-corrected chi connectivity index (χ4v) is 5.38. The molecule has 3 aromatic heterocycles. The largest absolute Gasteiger partial charge is 0.485 e. The van der Waals surface area contributed by atoms with Crippen molar-refractivity contribution in [2.45, 2.75) is 13.5 Å². The smallest absolute Gasteiger partial charge is 0.255 e. The molecule has 0 aliphatic carbocycles. The van der Waals surface area contributed by atoms with Crippen LogP contribution in [0.4, 0.5) is 11.4 Å². The van der Waals surface area contributed by atoms with Gasteiger partial charge >= 0.3 is 0 Å². The van der Waals surface area contributed by atoms with Gasteiger partial charge in [-0.15, -0.1) is 24.8 Å². The normalized spacial score (nSPS) is 10.6. The van der Waals surface area contributed by atoms with Gasteiger partial charge in [0.2, 0.25) is 11.8 Å². The fourth-order valence-electron chi connectivity index (χ4n) is 4.40. The van der Waals surface area contributed by atoms with E-state index in [1.165, 1.54) is 11.0 Å². The van der Waals surface area contributed by atoms with Crippen LogP contribution in [0.15, 0.2) is 89.9 Å². The van der Waals surface area contributed by atoms with Gasteiger partial charge in [0.05, 0.1) is 22.9 Å². The van der Waals surface area contributed by atoms with E-state index in [0.29, 0.717) is 38.9 Å². The summed E-state index contributed by atoms with van der Waals surface area (Å²) in [5.74, 6) is -0.563. The van der Waals surface area contributed by atoms with Crippen molar-refractivity contribution in [1.82, 2.24) is 19.7 Å². The van der Waals surface area contributed by atoms with Gasteiger partial charge in [-0.25, -0.2) is 4.98 Å². The number of benzene rings is 2. The van der Waals surface area contributed by atoms with Gasteiger partial charge in [-0.05, 0) is 83.0 Å². The molecule has 48 heavy (non-hydrogen) atoms. The Kier molecular flexibility index (Phi) is 13.8. The average molecular weight is 795 g/mol. The standard InChI is InChI=1S/C33H27BrCl2N6O4.2ClH/c1-20-31(34)42-17-3-4-27(32(42)39-20)46-19-24-25(35)10-11-26(30(24)36)41(2)29(44)18-38-28(43)12-7-21-5-8-23(9-6-21)40-33(45)22-13-15-37-16-14-22;;/h3-17H,18-19H2,1-2H3,(H,38,43)(H,40,45);2*1H/b12-7+;;. The number of nitrogens with one attached hydrogen (secondary N) is 2. The predicted octanol–water partition coefficient (Wildman–Crippen LogP) is 7.57. The van der Waals surface area contributed by atoms with Crippen LogP contribution in [0.1, 0.15) is 27.2 Å². The first kappa shape index (κ1) is 38.3. The lowest BCUT2D eigenvalue weighted by atomic mass is 10.2. The first-order valence-electron chi connectivity index (χ1n) is 13.9.